The SMILES string of the molecule is CCc1cccc2nc(CBr)oc12. The first-order chi connectivity index (χ1) is 6.35. The first kappa shape index (κ1) is 8.75. The lowest BCUT2D eigenvalue weighted by atomic mass is 10.1. The second kappa shape index (κ2) is 3.50. The Bertz CT molecular complexity index is 422. The van der Waals surface area contributed by atoms with E-state index in [1.165, 1.54) is 5.56 Å². The van der Waals surface area contributed by atoms with E-state index in [0.717, 1.165) is 23.4 Å². The Balaban J connectivity index is 2.67. The van der Waals surface area contributed by atoms with Crippen molar-refractivity contribution in [3.8, 4) is 0 Å². The molecule has 3 heteroatoms. The number of oxazole rings is 1. The first-order valence-corrected chi connectivity index (χ1v) is 5.40. The number of rotatable bonds is 2. The minimum Gasteiger partial charge on any atom is -0.439 e. The molecular weight excluding hydrogens is 230 g/mol. The van der Waals surface area contributed by atoms with Crippen LogP contribution in [0.1, 0.15) is 18.4 Å². The van der Waals surface area contributed by atoms with Crippen molar-refractivity contribution in [1.82, 2.24) is 4.98 Å². The molecule has 0 N–H and O–H groups in total. The summed E-state index contributed by atoms with van der Waals surface area (Å²) in [6.45, 7) is 2.12. The molecule has 2 nitrogen and oxygen atoms in total. The predicted molar refractivity (Wildman–Crippen MR) is 56.0 cm³/mol. The van der Waals surface area contributed by atoms with Crippen LogP contribution in [0.15, 0.2) is 22.6 Å². The van der Waals surface area contributed by atoms with E-state index in [1.54, 1.807) is 0 Å². The molecule has 1 aromatic carbocycles. The minimum atomic E-state index is 0.671. The molecule has 0 aliphatic carbocycles. The summed E-state index contributed by atoms with van der Waals surface area (Å²) in [5, 5.41) is 0.671. The lowest BCUT2D eigenvalue weighted by molar-refractivity contribution is 0.554. The van der Waals surface area contributed by atoms with Gasteiger partial charge in [-0.3, -0.25) is 0 Å². The van der Waals surface area contributed by atoms with E-state index >= 15 is 0 Å². The van der Waals surface area contributed by atoms with E-state index < -0.39 is 0 Å². The molecule has 0 unspecified atom stereocenters. The highest BCUT2D eigenvalue weighted by molar-refractivity contribution is 9.08. The normalized spacial score (nSPS) is 10.9. The van der Waals surface area contributed by atoms with Crippen LogP contribution in [0.2, 0.25) is 0 Å². The summed E-state index contributed by atoms with van der Waals surface area (Å²) in [6, 6.07) is 6.07. The Kier molecular flexibility index (Phi) is 2.36. The average molecular weight is 240 g/mol. The van der Waals surface area contributed by atoms with Crippen LogP contribution >= 0.6 is 15.9 Å². The summed E-state index contributed by atoms with van der Waals surface area (Å²) in [5.41, 5.74) is 3.10. The van der Waals surface area contributed by atoms with Crippen LogP contribution in [0.3, 0.4) is 0 Å². The van der Waals surface area contributed by atoms with Gasteiger partial charge in [0.1, 0.15) is 5.52 Å². The van der Waals surface area contributed by atoms with Gasteiger partial charge in [-0.25, -0.2) is 4.98 Å². The first-order valence-electron chi connectivity index (χ1n) is 4.28. The second-order valence-corrected chi connectivity index (χ2v) is 3.42. The molecule has 0 aliphatic heterocycles. The molecule has 0 amide bonds. The van der Waals surface area contributed by atoms with Gasteiger partial charge in [-0.2, -0.15) is 0 Å². The highest BCUT2D eigenvalue weighted by Crippen LogP contribution is 2.21. The fourth-order valence-corrected chi connectivity index (χ4v) is 1.63. The van der Waals surface area contributed by atoms with Crippen LogP contribution in [-0.4, -0.2) is 4.98 Å². The Morgan fingerprint density at radius 2 is 2.31 bits per heavy atom. The molecule has 13 heavy (non-hydrogen) atoms. The van der Waals surface area contributed by atoms with E-state index in [0.29, 0.717) is 5.33 Å². The number of hydrogen-bond donors (Lipinski definition) is 0. The van der Waals surface area contributed by atoms with Gasteiger partial charge in [-0.1, -0.05) is 35.0 Å². The molecule has 1 heterocycles. The highest BCUT2D eigenvalue weighted by atomic mass is 79.9. The van der Waals surface area contributed by atoms with E-state index in [9.17, 15) is 0 Å². The van der Waals surface area contributed by atoms with Crippen LogP contribution < -0.4 is 0 Å². The zero-order chi connectivity index (χ0) is 9.26. The summed E-state index contributed by atoms with van der Waals surface area (Å²) in [5.74, 6) is 0.746. The van der Waals surface area contributed by atoms with Crippen molar-refractivity contribution >= 4 is 27.0 Å². The number of aryl methyl sites for hydroxylation is 1. The maximum absolute atomic E-state index is 5.58. The number of halogens is 1. The molecule has 68 valence electrons. The highest BCUT2D eigenvalue weighted by Gasteiger charge is 2.06. The summed E-state index contributed by atoms with van der Waals surface area (Å²) in [7, 11) is 0. The standard InChI is InChI=1S/C10H10BrNO/c1-2-7-4-3-5-8-10(7)13-9(6-11)12-8/h3-5H,2,6H2,1H3. The van der Waals surface area contributed by atoms with Gasteiger partial charge in [-0.05, 0) is 18.1 Å². The smallest absolute Gasteiger partial charge is 0.206 e. The van der Waals surface area contributed by atoms with Crippen molar-refractivity contribution in [1.29, 1.82) is 0 Å². The average Bonchev–Trinajstić information content (AvgIpc) is 2.59. The molecule has 0 bridgehead atoms. The molecule has 2 aromatic rings. The van der Waals surface area contributed by atoms with Gasteiger partial charge in [0.05, 0.1) is 5.33 Å². The molecule has 0 fully saturated rings. The lowest BCUT2D eigenvalue weighted by Gasteiger charge is -1.94. The van der Waals surface area contributed by atoms with Gasteiger partial charge >= 0.3 is 0 Å². The summed E-state index contributed by atoms with van der Waals surface area (Å²) in [6.07, 6.45) is 0.980. The molecule has 0 aliphatic rings. The number of para-hydroxylation sites is 1. The summed E-state index contributed by atoms with van der Waals surface area (Å²) >= 11 is 3.33. The molecule has 0 spiro atoms. The predicted octanol–water partition coefficient (Wildman–Crippen LogP) is 3.29. The maximum atomic E-state index is 5.58. The van der Waals surface area contributed by atoms with Gasteiger partial charge in [0.25, 0.3) is 0 Å². The fourth-order valence-electron chi connectivity index (χ4n) is 1.39. The van der Waals surface area contributed by atoms with E-state index in [1.807, 2.05) is 12.1 Å². The van der Waals surface area contributed by atoms with E-state index in [-0.39, 0.29) is 0 Å². The number of nitrogens with zero attached hydrogens (tertiary/aromatic N) is 1. The zero-order valence-electron chi connectivity index (χ0n) is 7.38. The number of fused-ring (bicyclic) bond motifs is 1. The zero-order valence-corrected chi connectivity index (χ0v) is 8.97. The third-order valence-electron chi connectivity index (χ3n) is 2.04. The second-order valence-electron chi connectivity index (χ2n) is 2.86. The number of hydrogen-bond acceptors (Lipinski definition) is 2. The van der Waals surface area contributed by atoms with Crippen molar-refractivity contribution in [2.75, 3.05) is 0 Å². The van der Waals surface area contributed by atoms with Crippen molar-refractivity contribution in [3.05, 3.63) is 29.7 Å². The van der Waals surface area contributed by atoms with Gasteiger partial charge < -0.3 is 4.42 Å². The van der Waals surface area contributed by atoms with Crippen LogP contribution in [-0.2, 0) is 11.8 Å². The van der Waals surface area contributed by atoms with Crippen molar-refractivity contribution in [2.45, 2.75) is 18.7 Å². The van der Waals surface area contributed by atoms with Crippen molar-refractivity contribution in [3.63, 3.8) is 0 Å². The van der Waals surface area contributed by atoms with E-state index in [4.69, 9.17) is 4.42 Å². The largest absolute Gasteiger partial charge is 0.439 e. The monoisotopic (exact) mass is 239 g/mol. The number of alkyl halides is 1. The maximum Gasteiger partial charge on any atom is 0.206 e. The third kappa shape index (κ3) is 1.48. The lowest BCUT2D eigenvalue weighted by Crippen LogP contribution is -1.79. The molecular formula is C10H10BrNO. The quantitative estimate of drug-likeness (QED) is 0.753. The Morgan fingerprint density at radius 1 is 1.46 bits per heavy atom. The molecule has 0 saturated heterocycles. The van der Waals surface area contributed by atoms with Gasteiger partial charge in [0.2, 0.25) is 5.89 Å². The van der Waals surface area contributed by atoms with Gasteiger partial charge in [-0.15, -0.1) is 0 Å². The molecule has 1 aromatic heterocycles. The van der Waals surface area contributed by atoms with Crippen LogP contribution in [0.25, 0.3) is 11.1 Å². The summed E-state index contributed by atoms with van der Waals surface area (Å²) in [4.78, 5) is 4.33. The Labute approximate surface area is 85.1 Å². The van der Waals surface area contributed by atoms with Crippen molar-refractivity contribution in [2.24, 2.45) is 0 Å². The summed E-state index contributed by atoms with van der Waals surface area (Å²) < 4.78 is 5.58. The van der Waals surface area contributed by atoms with Gasteiger partial charge in [0.15, 0.2) is 5.58 Å². The van der Waals surface area contributed by atoms with E-state index in [2.05, 4.69) is 33.9 Å². The Morgan fingerprint density at radius 3 is 3.00 bits per heavy atom. The van der Waals surface area contributed by atoms with Crippen LogP contribution in [0, 0.1) is 0 Å². The molecule has 0 atom stereocenters. The Hall–Kier alpha value is -0.830. The molecule has 2 rings (SSSR count). The number of aromatic nitrogens is 1. The fraction of sp³-hybridized carbons (Fsp3) is 0.300. The van der Waals surface area contributed by atoms with Crippen LogP contribution in [0.4, 0.5) is 0 Å². The van der Waals surface area contributed by atoms with Crippen LogP contribution in [0.5, 0.6) is 0 Å². The minimum absolute atomic E-state index is 0.671. The molecule has 0 saturated carbocycles. The van der Waals surface area contributed by atoms with Gasteiger partial charge in [0, 0.05) is 0 Å². The van der Waals surface area contributed by atoms with Crippen molar-refractivity contribution < 1.29 is 4.42 Å². The third-order valence-corrected chi connectivity index (χ3v) is 2.52. The molecule has 0 radical (unpaired) electrons. The number of benzene rings is 1. The topological polar surface area (TPSA) is 26.0 Å².